The maximum atomic E-state index is 14.6. The number of rotatable bonds is 2. The van der Waals surface area contributed by atoms with Crippen LogP contribution in [0.25, 0.3) is 0 Å². The molecular formula is C17H13ClF4O2S. The van der Waals surface area contributed by atoms with Crippen molar-refractivity contribution < 1.29 is 26.0 Å². The lowest BCUT2D eigenvalue weighted by Crippen LogP contribution is -2.35. The van der Waals surface area contributed by atoms with Crippen LogP contribution in [0.3, 0.4) is 0 Å². The molecule has 0 fully saturated rings. The molecular weight excluding hydrogens is 380 g/mol. The molecule has 0 saturated carbocycles. The molecule has 1 aliphatic rings. The van der Waals surface area contributed by atoms with Crippen molar-refractivity contribution in [2.45, 2.75) is 29.0 Å². The Morgan fingerprint density at radius 1 is 0.960 bits per heavy atom. The molecule has 25 heavy (non-hydrogen) atoms. The van der Waals surface area contributed by atoms with Gasteiger partial charge in [0.15, 0.2) is 9.84 Å². The first-order valence-corrected chi connectivity index (χ1v) is 9.49. The summed E-state index contributed by atoms with van der Waals surface area (Å²) in [6.45, 7) is 1.40. The second kappa shape index (κ2) is 5.71. The van der Waals surface area contributed by atoms with E-state index in [1.54, 1.807) is 0 Å². The molecule has 0 saturated heterocycles. The van der Waals surface area contributed by atoms with E-state index in [9.17, 15) is 26.0 Å². The van der Waals surface area contributed by atoms with Gasteiger partial charge in [-0.15, -0.1) is 11.6 Å². The van der Waals surface area contributed by atoms with Gasteiger partial charge in [0.25, 0.3) is 0 Å². The van der Waals surface area contributed by atoms with Crippen LogP contribution < -0.4 is 0 Å². The van der Waals surface area contributed by atoms with E-state index in [0.29, 0.717) is 0 Å². The SMILES string of the molecule is CCS(=O)(=O)c1ccc2c(c1)C(Cl)c1ccccc1C(F)(F)C2(F)F. The molecule has 2 aromatic rings. The summed E-state index contributed by atoms with van der Waals surface area (Å²) in [6, 6.07) is 7.42. The third-order valence-corrected chi connectivity index (χ3v) is 6.54. The zero-order chi connectivity index (χ0) is 18.6. The zero-order valence-corrected chi connectivity index (χ0v) is 14.5. The van der Waals surface area contributed by atoms with Gasteiger partial charge < -0.3 is 0 Å². The monoisotopic (exact) mass is 392 g/mol. The van der Waals surface area contributed by atoms with Crippen LogP contribution in [-0.2, 0) is 21.7 Å². The Labute approximate surface area is 147 Å². The smallest absolute Gasteiger partial charge is 0.224 e. The van der Waals surface area contributed by atoms with Crippen molar-refractivity contribution in [2.75, 3.05) is 5.75 Å². The van der Waals surface area contributed by atoms with Gasteiger partial charge in [-0.2, -0.15) is 17.6 Å². The van der Waals surface area contributed by atoms with E-state index in [4.69, 9.17) is 11.6 Å². The van der Waals surface area contributed by atoms with Crippen LogP contribution in [0.15, 0.2) is 47.4 Å². The molecule has 2 nitrogen and oxygen atoms in total. The minimum Gasteiger partial charge on any atom is -0.224 e. The van der Waals surface area contributed by atoms with Gasteiger partial charge in [0.1, 0.15) is 0 Å². The fourth-order valence-electron chi connectivity index (χ4n) is 2.91. The lowest BCUT2D eigenvalue weighted by Gasteiger charge is -2.27. The Morgan fingerprint density at radius 2 is 1.52 bits per heavy atom. The predicted molar refractivity (Wildman–Crippen MR) is 86.1 cm³/mol. The maximum absolute atomic E-state index is 14.6. The number of alkyl halides is 5. The highest BCUT2D eigenvalue weighted by Crippen LogP contribution is 2.56. The average molecular weight is 393 g/mol. The molecule has 8 heteroatoms. The van der Waals surface area contributed by atoms with Crippen LogP contribution in [0, 0.1) is 0 Å². The quantitative estimate of drug-likeness (QED) is 0.532. The molecule has 3 rings (SSSR count). The third kappa shape index (κ3) is 2.56. The summed E-state index contributed by atoms with van der Waals surface area (Å²) in [7, 11) is -3.70. The van der Waals surface area contributed by atoms with Crippen molar-refractivity contribution in [1.82, 2.24) is 0 Å². The van der Waals surface area contributed by atoms with Crippen molar-refractivity contribution >= 4 is 21.4 Å². The molecule has 0 heterocycles. The lowest BCUT2D eigenvalue weighted by molar-refractivity contribution is -0.223. The highest BCUT2D eigenvalue weighted by atomic mass is 35.5. The van der Waals surface area contributed by atoms with Gasteiger partial charge in [-0.05, 0) is 23.3 Å². The van der Waals surface area contributed by atoms with Gasteiger partial charge in [-0.3, -0.25) is 0 Å². The minimum atomic E-state index is -4.53. The summed E-state index contributed by atoms with van der Waals surface area (Å²) in [5, 5.41) is -1.32. The number of sulfone groups is 1. The van der Waals surface area contributed by atoms with Crippen molar-refractivity contribution in [1.29, 1.82) is 0 Å². The van der Waals surface area contributed by atoms with E-state index in [0.717, 1.165) is 24.3 Å². The number of hydrogen-bond donors (Lipinski definition) is 0. The van der Waals surface area contributed by atoms with E-state index >= 15 is 0 Å². The number of halogens is 5. The highest BCUT2D eigenvalue weighted by molar-refractivity contribution is 7.91. The summed E-state index contributed by atoms with van der Waals surface area (Å²) in [4.78, 5) is -0.224. The number of hydrogen-bond acceptors (Lipinski definition) is 2. The molecule has 1 aliphatic carbocycles. The summed E-state index contributed by atoms with van der Waals surface area (Å²) in [6.07, 6.45) is 0. The van der Waals surface area contributed by atoms with Crippen LogP contribution in [0.2, 0.25) is 0 Å². The second-order valence-electron chi connectivity index (χ2n) is 5.75. The van der Waals surface area contributed by atoms with E-state index < -0.39 is 38.2 Å². The topological polar surface area (TPSA) is 34.1 Å². The summed E-state index contributed by atoms with van der Waals surface area (Å²) >= 11 is 6.24. The Hall–Kier alpha value is -1.60. The van der Waals surface area contributed by atoms with E-state index in [-0.39, 0.29) is 21.8 Å². The lowest BCUT2D eigenvalue weighted by atomic mass is 9.96. The fraction of sp³-hybridized carbons (Fsp3) is 0.294. The molecule has 0 bridgehead atoms. The summed E-state index contributed by atoms with van der Waals surface area (Å²) in [5.41, 5.74) is -2.33. The van der Waals surface area contributed by atoms with Crippen molar-refractivity contribution in [2.24, 2.45) is 0 Å². The van der Waals surface area contributed by atoms with Crippen LogP contribution in [0.1, 0.15) is 34.6 Å². The van der Waals surface area contributed by atoms with E-state index in [1.165, 1.54) is 25.1 Å². The molecule has 0 radical (unpaired) electrons. The minimum absolute atomic E-state index is 0.168. The Balaban J connectivity index is 2.37. The molecule has 0 aliphatic heterocycles. The van der Waals surface area contributed by atoms with Crippen molar-refractivity contribution in [3.8, 4) is 0 Å². The Bertz CT molecular complexity index is 941. The first-order valence-electron chi connectivity index (χ1n) is 7.40. The normalized spacial score (nSPS) is 21.1. The van der Waals surface area contributed by atoms with Gasteiger partial charge in [0, 0.05) is 11.1 Å². The maximum Gasteiger partial charge on any atom is 0.340 e. The molecule has 134 valence electrons. The van der Waals surface area contributed by atoms with Crippen LogP contribution >= 0.6 is 11.6 Å². The summed E-state index contributed by atoms with van der Waals surface area (Å²) < 4.78 is 82.5. The molecule has 1 atom stereocenters. The zero-order valence-electron chi connectivity index (χ0n) is 12.9. The second-order valence-corrected chi connectivity index (χ2v) is 8.47. The molecule has 0 amide bonds. The molecule has 0 spiro atoms. The highest BCUT2D eigenvalue weighted by Gasteiger charge is 2.62. The van der Waals surface area contributed by atoms with E-state index in [2.05, 4.69) is 0 Å². The van der Waals surface area contributed by atoms with Crippen molar-refractivity contribution in [3.05, 3.63) is 64.7 Å². The average Bonchev–Trinajstić information content (AvgIpc) is 2.64. The standard InChI is InChI=1S/C17H13ClF4O2S/c1-2-25(23,24)10-7-8-14-12(9-10)15(18)11-5-3-4-6-13(11)16(19,20)17(14,21)22/h3-9,15H,2H2,1H3. The predicted octanol–water partition coefficient (Wildman–Crippen LogP) is 5.01. The fourth-order valence-corrected chi connectivity index (χ4v) is 4.19. The van der Waals surface area contributed by atoms with Crippen LogP contribution in [0.5, 0.6) is 0 Å². The number of fused-ring (bicyclic) bond motifs is 2. The van der Waals surface area contributed by atoms with Gasteiger partial charge in [0.05, 0.1) is 16.0 Å². The van der Waals surface area contributed by atoms with Crippen LogP contribution in [0.4, 0.5) is 17.6 Å². The molecule has 0 aromatic heterocycles. The van der Waals surface area contributed by atoms with Crippen molar-refractivity contribution in [3.63, 3.8) is 0 Å². The molecule has 0 N–H and O–H groups in total. The van der Waals surface area contributed by atoms with Gasteiger partial charge in [0.2, 0.25) is 0 Å². The Morgan fingerprint density at radius 3 is 2.12 bits per heavy atom. The van der Waals surface area contributed by atoms with E-state index in [1.807, 2.05) is 0 Å². The number of benzene rings is 2. The largest absolute Gasteiger partial charge is 0.340 e. The first kappa shape index (κ1) is 18.2. The van der Waals surface area contributed by atoms with Crippen LogP contribution in [-0.4, -0.2) is 14.2 Å². The van der Waals surface area contributed by atoms with Gasteiger partial charge in [-0.25, -0.2) is 8.42 Å². The van der Waals surface area contributed by atoms with Gasteiger partial charge >= 0.3 is 11.8 Å². The van der Waals surface area contributed by atoms with Gasteiger partial charge in [-0.1, -0.05) is 37.3 Å². The molecule has 2 aromatic carbocycles. The Kier molecular flexibility index (Phi) is 4.15. The molecule has 1 unspecified atom stereocenters. The summed E-state index contributed by atoms with van der Waals surface area (Å²) in [5.74, 6) is -9.26. The first-order chi connectivity index (χ1) is 11.5. The third-order valence-electron chi connectivity index (χ3n) is 4.34.